The summed E-state index contributed by atoms with van der Waals surface area (Å²) in [5.41, 5.74) is -0.233. The van der Waals surface area contributed by atoms with E-state index in [2.05, 4.69) is 25.8 Å². The Kier molecular flexibility index (Phi) is 4.79. The molecule has 2 aromatic heterocycles. The molecule has 0 bridgehead atoms. The molecule has 0 aliphatic rings. The minimum absolute atomic E-state index is 0.0822. The van der Waals surface area contributed by atoms with E-state index in [9.17, 15) is 14.4 Å². The SMILES string of the molecule is O=C(CCn1ccc(=O)[nH]c1=O)NCc1nnnn1-c1ccccc1. The van der Waals surface area contributed by atoms with E-state index in [1.54, 1.807) is 0 Å². The quantitative estimate of drug-likeness (QED) is 0.605. The van der Waals surface area contributed by atoms with E-state index < -0.39 is 11.2 Å². The van der Waals surface area contributed by atoms with Crippen LogP contribution in [0.1, 0.15) is 12.2 Å². The van der Waals surface area contributed by atoms with Gasteiger partial charge in [0.1, 0.15) is 0 Å². The third-order valence-electron chi connectivity index (χ3n) is 3.46. The molecule has 2 N–H and O–H groups in total. The standard InChI is InChI=1S/C15H15N7O3/c23-13(6-8-21-9-7-14(24)17-15(21)25)16-10-12-18-19-20-22(12)11-4-2-1-3-5-11/h1-5,7,9H,6,8,10H2,(H,16,23)(H,17,24,25). The number of hydrogen-bond donors (Lipinski definition) is 2. The zero-order chi connectivity index (χ0) is 17.6. The summed E-state index contributed by atoms with van der Waals surface area (Å²) in [6.45, 7) is 0.312. The molecule has 0 unspecified atom stereocenters. The average molecular weight is 341 g/mol. The van der Waals surface area contributed by atoms with Crippen LogP contribution in [0.4, 0.5) is 0 Å². The molecule has 0 saturated carbocycles. The van der Waals surface area contributed by atoms with Gasteiger partial charge < -0.3 is 9.88 Å². The maximum Gasteiger partial charge on any atom is 0.328 e. The highest BCUT2D eigenvalue weighted by molar-refractivity contribution is 5.75. The third-order valence-corrected chi connectivity index (χ3v) is 3.46. The molecule has 10 heteroatoms. The van der Waals surface area contributed by atoms with Crippen molar-refractivity contribution < 1.29 is 4.79 Å². The van der Waals surface area contributed by atoms with Crippen molar-refractivity contribution in [2.75, 3.05) is 0 Å². The summed E-state index contributed by atoms with van der Waals surface area (Å²) in [5.74, 6) is 0.224. The predicted octanol–water partition coefficient (Wildman–Crippen LogP) is -0.781. The average Bonchev–Trinajstić information content (AvgIpc) is 3.08. The smallest absolute Gasteiger partial charge is 0.328 e. The van der Waals surface area contributed by atoms with E-state index in [0.717, 1.165) is 5.69 Å². The fraction of sp³-hybridized carbons (Fsp3) is 0.200. The Morgan fingerprint density at radius 1 is 1.16 bits per heavy atom. The van der Waals surface area contributed by atoms with Crippen molar-refractivity contribution in [3.8, 4) is 5.69 Å². The number of aromatic nitrogens is 6. The molecular weight excluding hydrogens is 326 g/mol. The number of H-pyrrole nitrogens is 1. The molecule has 0 aliphatic heterocycles. The monoisotopic (exact) mass is 341 g/mol. The molecule has 10 nitrogen and oxygen atoms in total. The van der Waals surface area contributed by atoms with Crippen molar-refractivity contribution >= 4 is 5.91 Å². The number of tetrazole rings is 1. The molecule has 0 spiro atoms. The van der Waals surface area contributed by atoms with Gasteiger partial charge in [-0.05, 0) is 22.6 Å². The van der Waals surface area contributed by atoms with E-state index in [-0.39, 0.29) is 25.4 Å². The lowest BCUT2D eigenvalue weighted by atomic mass is 10.3. The van der Waals surface area contributed by atoms with Crippen molar-refractivity contribution in [1.29, 1.82) is 0 Å². The molecular formula is C15H15N7O3. The highest BCUT2D eigenvalue weighted by Crippen LogP contribution is 2.06. The van der Waals surface area contributed by atoms with Crippen LogP contribution in [0.3, 0.4) is 0 Å². The maximum absolute atomic E-state index is 12.0. The van der Waals surface area contributed by atoms with E-state index in [1.807, 2.05) is 30.3 Å². The number of aromatic amines is 1. The van der Waals surface area contributed by atoms with Crippen LogP contribution in [-0.4, -0.2) is 35.7 Å². The van der Waals surface area contributed by atoms with Gasteiger partial charge in [-0.25, -0.2) is 4.79 Å². The normalized spacial score (nSPS) is 10.6. The summed E-state index contributed by atoms with van der Waals surface area (Å²) in [4.78, 5) is 36.6. The summed E-state index contributed by atoms with van der Waals surface area (Å²) in [6, 6.07) is 10.5. The highest BCUT2D eigenvalue weighted by Gasteiger charge is 2.10. The van der Waals surface area contributed by atoms with Crippen molar-refractivity contribution in [2.24, 2.45) is 0 Å². The molecule has 25 heavy (non-hydrogen) atoms. The van der Waals surface area contributed by atoms with Gasteiger partial charge in [0, 0.05) is 25.2 Å². The summed E-state index contributed by atoms with van der Waals surface area (Å²) in [5, 5.41) is 14.1. The van der Waals surface area contributed by atoms with Gasteiger partial charge in [0.15, 0.2) is 5.82 Å². The van der Waals surface area contributed by atoms with Crippen LogP contribution in [0.2, 0.25) is 0 Å². The molecule has 2 heterocycles. The van der Waals surface area contributed by atoms with Gasteiger partial charge >= 0.3 is 5.69 Å². The fourth-order valence-corrected chi connectivity index (χ4v) is 2.19. The number of carbonyl (C=O) groups is 1. The lowest BCUT2D eigenvalue weighted by molar-refractivity contribution is -0.121. The van der Waals surface area contributed by atoms with Crippen LogP contribution in [0.25, 0.3) is 5.69 Å². The van der Waals surface area contributed by atoms with Gasteiger partial charge in [-0.1, -0.05) is 18.2 Å². The van der Waals surface area contributed by atoms with Crippen molar-refractivity contribution in [1.82, 2.24) is 35.1 Å². The predicted molar refractivity (Wildman–Crippen MR) is 86.9 cm³/mol. The second-order valence-electron chi connectivity index (χ2n) is 5.17. The largest absolute Gasteiger partial charge is 0.349 e. The Hall–Kier alpha value is -3.56. The van der Waals surface area contributed by atoms with E-state index >= 15 is 0 Å². The van der Waals surface area contributed by atoms with Gasteiger partial charge in [0.05, 0.1) is 12.2 Å². The Morgan fingerprint density at radius 2 is 1.96 bits per heavy atom. The molecule has 1 aromatic carbocycles. The van der Waals surface area contributed by atoms with Crippen LogP contribution in [0, 0.1) is 0 Å². The Labute approximate surface area is 141 Å². The van der Waals surface area contributed by atoms with Gasteiger partial charge in [0.2, 0.25) is 5.91 Å². The second-order valence-corrected chi connectivity index (χ2v) is 5.17. The Balaban J connectivity index is 1.57. The van der Waals surface area contributed by atoms with Gasteiger partial charge in [0.25, 0.3) is 5.56 Å². The van der Waals surface area contributed by atoms with Crippen LogP contribution < -0.4 is 16.6 Å². The molecule has 3 rings (SSSR count). The van der Waals surface area contributed by atoms with Gasteiger partial charge in [-0.15, -0.1) is 5.10 Å². The summed E-state index contributed by atoms with van der Waals surface area (Å²) in [6.07, 6.45) is 1.43. The van der Waals surface area contributed by atoms with Crippen LogP contribution in [-0.2, 0) is 17.9 Å². The molecule has 0 saturated heterocycles. The number of nitrogens with one attached hydrogen (secondary N) is 2. The number of benzene rings is 1. The topological polar surface area (TPSA) is 128 Å². The van der Waals surface area contributed by atoms with Crippen LogP contribution in [0.5, 0.6) is 0 Å². The number of aryl methyl sites for hydroxylation is 1. The number of rotatable bonds is 6. The lowest BCUT2D eigenvalue weighted by Gasteiger charge is -2.07. The first-order valence-corrected chi connectivity index (χ1v) is 7.52. The molecule has 128 valence electrons. The van der Waals surface area contributed by atoms with Crippen molar-refractivity contribution in [3.63, 3.8) is 0 Å². The van der Waals surface area contributed by atoms with E-state index in [4.69, 9.17) is 0 Å². The Bertz CT molecular complexity index is 974. The van der Waals surface area contributed by atoms with Crippen molar-refractivity contribution in [3.05, 3.63) is 69.3 Å². The molecule has 0 atom stereocenters. The minimum atomic E-state index is -0.548. The first-order chi connectivity index (χ1) is 12.1. The van der Waals surface area contributed by atoms with Crippen molar-refractivity contribution in [2.45, 2.75) is 19.5 Å². The fourth-order valence-electron chi connectivity index (χ4n) is 2.19. The summed E-state index contributed by atoms with van der Waals surface area (Å²) < 4.78 is 2.79. The van der Waals surface area contributed by atoms with Gasteiger partial charge in [-0.3, -0.25) is 14.6 Å². The Morgan fingerprint density at radius 3 is 2.72 bits per heavy atom. The number of carbonyl (C=O) groups excluding carboxylic acids is 1. The maximum atomic E-state index is 12.0. The zero-order valence-electron chi connectivity index (χ0n) is 13.1. The van der Waals surface area contributed by atoms with Gasteiger partial charge in [-0.2, -0.15) is 4.68 Å². The molecule has 0 radical (unpaired) electrons. The first kappa shape index (κ1) is 16.3. The molecule has 0 aliphatic carbocycles. The second kappa shape index (κ2) is 7.34. The molecule has 1 amide bonds. The first-order valence-electron chi connectivity index (χ1n) is 7.52. The number of hydrogen-bond acceptors (Lipinski definition) is 6. The number of nitrogens with zero attached hydrogens (tertiary/aromatic N) is 5. The van der Waals surface area contributed by atoms with Crippen LogP contribution >= 0.6 is 0 Å². The zero-order valence-corrected chi connectivity index (χ0v) is 13.1. The summed E-state index contributed by atoms with van der Waals surface area (Å²) >= 11 is 0. The lowest BCUT2D eigenvalue weighted by Crippen LogP contribution is -2.31. The third kappa shape index (κ3) is 4.05. The molecule has 0 fully saturated rings. The highest BCUT2D eigenvalue weighted by atomic mass is 16.2. The molecule has 3 aromatic rings. The number of amides is 1. The summed E-state index contributed by atoms with van der Waals surface area (Å²) in [7, 11) is 0. The van der Waals surface area contributed by atoms with Crippen LogP contribution in [0.15, 0.2) is 52.2 Å². The minimum Gasteiger partial charge on any atom is -0.349 e. The number of para-hydroxylation sites is 1. The van der Waals surface area contributed by atoms with E-state index in [1.165, 1.54) is 21.5 Å². The van der Waals surface area contributed by atoms with E-state index in [0.29, 0.717) is 5.82 Å².